The number of H-pyrrole nitrogens is 1. The molecular formula is C15H16ClN3O4S. The van der Waals surface area contributed by atoms with Crippen LogP contribution < -0.4 is 0 Å². The third kappa shape index (κ3) is 2.92. The first-order valence-electron chi connectivity index (χ1n) is 7.41. The summed E-state index contributed by atoms with van der Waals surface area (Å²) in [5, 5.41) is 7.17. The highest BCUT2D eigenvalue weighted by Gasteiger charge is 2.42. The molecule has 0 aliphatic carbocycles. The van der Waals surface area contributed by atoms with Crippen LogP contribution in [-0.2, 0) is 26.0 Å². The van der Waals surface area contributed by atoms with Crippen LogP contribution in [0.4, 0.5) is 0 Å². The van der Waals surface area contributed by atoms with Crippen molar-refractivity contribution >= 4 is 27.6 Å². The highest BCUT2D eigenvalue weighted by Crippen LogP contribution is 2.34. The standard InChI is InChI=1S/C15H16ClN3O4S/c1-2-23-15(20)14-12-9-17-18-13(12)7-8-19(14)24(21,22)11-5-3-10(16)4-6-11/h3-6,9,14H,2,7-8H2,1H3,(H,17,18)/t14-/m0/s1. The summed E-state index contributed by atoms with van der Waals surface area (Å²) in [6.07, 6.45) is 1.92. The van der Waals surface area contributed by atoms with E-state index in [0.29, 0.717) is 17.0 Å². The molecule has 0 saturated carbocycles. The van der Waals surface area contributed by atoms with E-state index < -0.39 is 22.0 Å². The Labute approximate surface area is 144 Å². The Morgan fingerprint density at radius 2 is 2.12 bits per heavy atom. The van der Waals surface area contributed by atoms with E-state index in [-0.39, 0.29) is 18.0 Å². The summed E-state index contributed by atoms with van der Waals surface area (Å²) in [5.74, 6) is -0.614. The van der Waals surface area contributed by atoms with E-state index in [1.807, 2.05) is 0 Å². The molecule has 0 spiro atoms. The van der Waals surface area contributed by atoms with Gasteiger partial charge >= 0.3 is 5.97 Å². The van der Waals surface area contributed by atoms with E-state index in [1.54, 1.807) is 6.92 Å². The van der Waals surface area contributed by atoms with E-state index >= 15 is 0 Å². The summed E-state index contributed by atoms with van der Waals surface area (Å²) in [5.41, 5.74) is 1.27. The number of nitrogens with zero attached hydrogens (tertiary/aromatic N) is 2. The lowest BCUT2D eigenvalue weighted by molar-refractivity contribution is -0.148. The van der Waals surface area contributed by atoms with Gasteiger partial charge in [-0.05, 0) is 31.2 Å². The number of benzene rings is 1. The Morgan fingerprint density at radius 1 is 1.42 bits per heavy atom. The van der Waals surface area contributed by atoms with Gasteiger partial charge in [-0.3, -0.25) is 5.10 Å². The number of aromatic nitrogens is 2. The zero-order chi connectivity index (χ0) is 17.3. The predicted octanol–water partition coefficient (Wildman–Crippen LogP) is 1.91. The van der Waals surface area contributed by atoms with Gasteiger partial charge in [0.1, 0.15) is 0 Å². The van der Waals surface area contributed by atoms with Gasteiger partial charge in [-0.25, -0.2) is 13.2 Å². The fraction of sp³-hybridized carbons (Fsp3) is 0.333. The van der Waals surface area contributed by atoms with Crippen molar-refractivity contribution in [1.82, 2.24) is 14.5 Å². The van der Waals surface area contributed by atoms with E-state index in [2.05, 4.69) is 10.2 Å². The fourth-order valence-corrected chi connectivity index (χ4v) is 4.42. The predicted molar refractivity (Wildman–Crippen MR) is 87.0 cm³/mol. The van der Waals surface area contributed by atoms with Crippen LogP contribution in [0.2, 0.25) is 5.02 Å². The highest BCUT2D eigenvalue weighted by molar-refractivity contribution is 7.89. The second kappa shape index (κ2) is 6.54. The third-order valence-corrected chi connectivity index (χ3v) is 5.98. The summed E-state index contributed by atoms with van der Waals surface area (Å²) in [6.45, 7) is 2.00. The number of carbonyl (C=O) groups is 1. The van der Waals surface area contributed by atoms with Gasteiger partial charge in [0.2, 0.25) is 10.0 Å². The molecule has 0 saturated heterocycles. The van der Waals surface area contributed by atoms with E-state index in [1.165, 1.54) is 30.5 Å². The van der Waals surface area contributed by atoms with Gasteiger partial charge in [0.15, 0.2) is 6.04 Å². The molecule has 2 heterocycles. The van der Waals surface area contributed by atoms with Gasteiger partial charge in [0.05, 0.1) is 17.7 Å². The lowest BCUT2D eigenvalue weighted by Crippen LogP contribution is -2.43. The van der Waals surface area contributed by atoms with Gasteiger partial charge in [-0.1, -0.05) is 11.6 Å². The summed E-state index contributed by atoms with van der Waals surface area (Å²) >= 11 is 5.83. The van der Waals surface area contributed by atoms with Crippen LogP contribution in [0.3, 0.4) is 0 Å². The van der Waals surface area contributed by atoms with Crippen LogP contribution in [0.5, 0.6) is 0 Å². The van der Waals surface area contributed by atoms with Gasteiger partial charge in [0.25, 0.3) is 0 Å². The number of esters is 1. The lowest BCUT2D eigenvalue weighted by atomic mass is 10.0. The number of fused-ring (bicyclic) bond motifs is 1. The smallest absolute Gasteiger partial charge is 0.329 e. The van der Waals surface area contributed by atoms with Gasteiger partial charge in [0, 0.05) is 29.2 Å². The van der Waals surface area contributed by atoms with Crippen LogP contribution in [0.25, 0.3) is 0 Å². The molecule has 1 N–H and O–H groups in total. The van der Waals surface area contributed by atoms with Crippen molar-refractivity contribution < 1.29 is 17.9 Å². The monoisotopic (exact) mass is 369 g/mol. The first-order chi connectivity index (χ1) is 11.4. The Hall–Kier alpha value is -1.90. The van der Waals surface area contributed by atoms with Gasteiger partial charge in [-0.15, -0.1) is 0 Å². The molecule has 3 rings (SSSR count). The number of aromatic amines is 1. The Kier molecular flexibility index (Phi) is 4.62. The minimum atomic E-state index is -3.88. The largest absolute Gasteiger partial charge is 0.465 e. The summed E-state index contributed by atoms with van der Waals surface area (Å²) in [4.78, 5) is 12.5. The second-order valence-electron chi connectivity index (χ2n) is 5.28. The number of sulfonamides is 1. The molecular weight excluding hydrogens is 354 g/mol. The van der Waals surface area contributed by atoms with Crippen LogP contribution in [0.15, 0.2) is 35.4 Å². The molecule has 0 bridgehead atoms. The van der Waals surface area contributed by atoms with Crippen molar-refractivity contribution in [3.05, 3.63) is 46.7 Å². The van der Waals surface area contributed by atoms with E-state index in [0.717, 1.165) is 10.00 Å². The fourth-order valence-electron chi connectivity index (χ4n) is 2.73. The third-order valence-electron chi connectivity index (χ3n) is 3.85. The number of nitrogens with one attached hydrogen (secondary N) is 1. The Morgan fingerprint density at radius 3 is 2.79 bits per heavy atom. The maximum atomic E-state index is 13.0. The first-order valence-corrected chi connectivity index (χ1v) is 9.23. The normalized spacial score (nSPS) is 18.2. The number of rotatable bonds is 4. The average Bonchev–Trinajstić information content (AvgIpc) is 3.03. The maximum absolute atomic E-state index is 13.0. The van der Waals surface area contributed by atoms with Crippen LogP contribution in [0, 0.1) is 0 Å². The molecule has 1 aromatic carbocycles. The molecule has 1 aliphatic heterocycles. The number of halogens is 1. The minimum absolute atomic E-state index is 0.0770. The molecule has 1 atom stereocenters. The second-order valence-corrected chi connectivity index (χ2v) is 7.61. The van der Waals surface area contributed by atoms with Crippen LogP contribution in [-0.4, -0.2) is 42.0 Å². The molecule has 0 unspecified atom stereocenters. The summed E-state index contributed by atoms with van der Waals surface area (Å²) < 4.78 is 32.2. The quantitative estimate of drug-likeness (QED) is 0.831. The molecule has 0 fully saturated rings. The van der Waals surface area contributed by atoms with Gasteiger partial charge in [-0.2, -0.15) is 9.40 Å². The zero-order valence-electron chi connectivity index (χ0n) is 12.9. The van der Waals surface area contributed by atoms with Crippen molar-refractivity contribution in [1.29, 1.82) is 0 Å². The molecule has 1 aromatic heterocycles. The molecule has 2 aromatic rings. The van der Waals surface area contributed by atoms with Crippen molar-refractivity contribution in [3.63, 3.8) is 0 Å². The maximum Gasteiger partial charge on any atom is 0.329 e. The molecule has 24 heavy (non-hydrogen) atoms. The molecule has 1 aliphatic rings. The minimum Gasteiger partial charge on any atom is -0.465 e. The van der Waals surface area contributed by atoms with Gasteiger partial charge < -0.3 is 4.74 Å². The van der Waals surface area contributed by atoms with Crippen molar-refractivity contribution in [2.45, 2.75) is 24.3 Å². The van der Waals surface area contributed by atoms with E-state index in [9.17, 15) is 13.2 Å². The number of hydrogen-bond donors (Lipinski definition) is 1. The van der Waals surface area contributed by atoms with Crippen molar-refractivity contribution in [3.8, 4) is 0 Å². The molecule has 9 heteroatoms. The summed E-state index contributed by atoms with van der Waals surface area (Å²) in [7, 11) is -3.88. The molecule has 7 nitrogen and oxygen atoms in total. The number of ether oxygens (including phenoxy) is 1. The SMILES string of the molecule is CCOC(=O)[C@@H]1c2cn[nH]c2CCN1S(=O)(=O)c1ccc(Cl)cc1. The van der Waals surface area contributed by atoms with Crippen molar-refractivity contribution in [2.75, 3.05) is 13.2 Å². The number of hydrogen-bond acceptors (Lipinski definition) is 5. The Bertz CT molecular complexity index is 848. The molecule has 0 amide bonds. The first kappa shape index (κ1) is 16.9. The van der Waals surface area contributed by atoms with Crippen LogP contribution in [0.1, 0.15) is 24.2 Å². The molecule has 128 valence electrons. The highest BCUT2D eigenvalue weighted by atomic mass is 35.5. The number of carbonyl (C=O) groups excluding carboxylic acids is 1. The van der Waals surface area contributed by atoms with E-state index in [4.69, 9.17) is 16.3 Å². The molecule has 0 radical (unpaired) electrons. The average molecular weight is 370 g/mol. The summed E-state index contributed by atoms with van der Waals surface area (Å²) in [6, 6.07) is 4.80. The topological polar surface area (TPSA) is 92.4 Å². The van der Waals surface area contributed by atoms with Crippen LogP contribution >= 0.6 is 11.6 Å². The van der Waals surface area contributed by atoms with Crippen molar-refractivity contribution in [2.24, 2.45) is 0 Å². The Balaban J connectivity index is 2.04. The lowest BCUT2D eigenvalue weighted by Gasteiger charge is -2.32. The zero-order valence-corrected chi connectivity index (χ0v) is 14.5.